The molecular formula is C26H20N2O. The van der Waals surface area contributed by atoms with Gasteiger partial charge >= 0.3 is 0 Å². The molecule has 1 N–H and O–H groups in total. The summed E-state index contributed by atoms with van der Waals surface area (Å²) in [7, 11) is 0. The number of rotatable bonds is 3. The zero-order valence-corrected chi connectivity index (χ0v) is 16.4. The number of hydrogen-bond acceptors (Lipinski definition) is 2. The van der Waals surface area contributed by atoms with E-state index in [1.807, 2.05) is 80.6 Å². The lowest BCUT2D eigenvalue weighted by Gasteiger charge is -2.10. The second-order valence-corrected chi connectivity index (χ2v) is 7.16. The topological polar surface area (TPSA) is 52.9 Å². The highest BCUT2D eigenvalue weighted by Gasteiger charge is 2.13. The minimum Gasteiger partial charge on any atom is -0.321 e. The molecule has 0 radical (unpaired) electrons. The predicted octanol–water partition coefficient (Wildman–Crippen LogP) is 6.16. The Morgan fingerprint density at radius 1 is 0.862 bits per heavy atom. The van der Waals surface area contributed by atoms with Crippen molar-refractivity contribution in [3.8, 4) is 6.07 Å². The van der Waals surface area contributed by atoms with Crippen molar-refractivity contribution in [2.24, 2.45) is 0 Å². The average Bonchev–Trinajstić information content (AvgIpc) is 2.73. The van der Waals surface area contributed by atoms with Crippen LogP contribution in [0.25, 0.3) is 27.6 Å². The Balaban J connectivity index is 1.82. The standard InChI is InChI=1S/C26H20N2O/c1-17-11-12-22(13-18(17)2)28-26(29)21(16-27)15-25-23-9-5-3-7-19(23)14-20-8-4-6-10-24(20)25/h3-15H,1-2H3,(H,28,29)/b21-15+. The molecule has 4 aromatic rings. The number of nitriles is 1. The van der Waals surface area contributed by atoms with Crippen molar-refractivity contribution in [3.05, 3.63) is 95.1 Å². The minimum atomic E-state index is -0.409. The van der Waals surface area contributed by atoms with E-state index in [-0.39, 0.29) is 5.57 Å². The van der Waals surface area contributed by atoms with Crippen molar-refractivity contribution >= 4 is 39.2 Å². The highest BCUT2D eigenvalue weighted by molar-refractivity contribution is 6.14. The van der Waals surface area contributed by atoms with E-state index in [0.717, 1.165) is 38.2 Å². The van der Waals surface area contributed by atoms with Crippen LogP contribution in [-0.4, -0.2) is 5.91 Å². The molecule has 0 spiro atoms. The molecule has 1 amide bonds. The van der Waals surface area contributed by atoms with Crippen molar-refractivity contribution in [2.45, 2.75) is 13.8 Å². The maximum Gasteiger partial charge on any atom is 0.266 e. The van der Waals surface area contributed by atoms with Crippen LogP contribution in [0.4, 0.5) is 5.69 Å². The lowest BCUT2D eigenvalue weighted by atomic mass is 9.95. The third-order valence-corrected chi connectivity index (χ3v) is 5.23. The molecule has 0 unspecified atom stereocenters. The first-order valence-corrected chi connectivity index (χ1v) is 9.48. The molecule has 0 bridgehead atoms. The van der Waals surface area contributed by atoms with Gasteiger partial charge in [0.2, 0.25) is 0 Å². The van der Waals surface area contributed by atoms with Gasteiger partial charge in [-0.3, -0.25) is 4.79 Å². The summed E-state index contributed by atoms with van der Waals surface area (Å²) < 4.78 is 0. The van der Waals surface area contributed by atoms with E-state index >= 15 is 0 Å². The van der Waals surface area contributed by atoms with Gasteiger partial charge in [0.1, 0.15) is 11.6 Å². The molecule has 0 saturated heterocycles. The minimum absolute atomic E-state index is 0.0738. The molecule has 0 heterocycles. The number of carbonyl (C=O) groups excluding carboxylic acids is 1. The second kappa shape index (κ2) is 7.61. The van der Waals surface area contributed by atoms with Crippen LogP contribution >= 0.6 is 0 Å². The van der Waals surface area contributed by atoms with E-state index in [9.17, 15) is 10.1 Å². The molecule has 0 fully saturated rings. The molecule has 0 aliphatic rings. The number of carbonyl (C=O) groups is 1. The molecule has 0 aromatic heterocycles. The summed E-state index contributed by atoms with van der Waals surface area (Å²) in [5.41, 5.74) is 3.88. The number of aryl methyl sites for hydroxylation is 2. The fourth-order valence-electron chi connectivity index (χ4n) is 3.51. The summed E-state index contributed by atoms with van der Waals surface area (Å²) in [6.45, 7) is 4.02. The quantitative estimate of drug-likeness (QED) is 0.265. The lowest BCUT2D eigenvalue weighted by molar-refractivity contribution is -0.112. The molecule has 4 rings (SSSR count). The molecule has 140 valence electrons. The number of anilines is 1. The molecule has 29 heavy (non-hydrogen) atoms. The molecule has 0 atom stereocenters. The van der Waals surface area contributed by atoms with Gasteiger partial charge in [-0.05, 0) is 76.4 Å². The SMILES string of the molecule is Cc1ccc(NC(=O)/C(C#N)=C/c2c3ccccc3cc3ccccc23)cc1C. The number of hydrogen-bond donors (Lipinski definition) is 1. The normalized spacial score (nSPS) is 11.4. The van der Waals surface area contributed by atoms with E-state index < -0.39 is 5.91 Å². The van der Waals surface area contributed by atoms with Gasteiger partial charge in [0, 0.05) is 5.69 Å². The number of amides is 1. The average molecular weight is 376 g/mol. The van der Waals surface area contributed by atoms with Crippen molar-refractivity contribution in [1.29, 1.82) is 5.26 Å². The molecule has 0 aliphatic carbocycles. The highest BCUT2D eigenvalue weighted by Crippen LogP contribution is 2.30. The number of benzene rings is 4. The Morgan fingerprint density at radius 2 is 1.48 bits per heavy atom. The fraction of sp³-hybridized carbons (Fsp3) is 0.0769. The van der Waals surface area contributed by atoms with Gasteiger partial charge in [-0.1, -0.05) is 54.6 Å². The van der Waals surface area contributed by atoms with Crippen LogP contribution in [0.2, 0.25) is 0 Å². The summed E-state index contributed by atoms with van der Waals surface area (Å²) >= 11 is 0. The first-order valence-electron chi connectivity index (χ1n) is 9.48. The van der Waals surface area contributed by atoms with Crippen LogP contribution in [0.15, 0.2) is 78.4 Å². The van der Waals surface area contributed by atoms with Crippen LogP contribution in [0, 0.1) is 25.2 Å². The van der Waals surface area contributed by atoms with Gasteiger partial charge in [-0.2, -0.15) is 5.26 Å². The van der Waals surface area contributed by atoms with Crippen LogP contribution in [0.3, 0.4) is 0 Å². The summed E-state index contributed by atoms with van der Waals surface area (Å²) in [5.74, 6) is -0.409. The van der Waals surface area contributed by atoms with Crippen LogP contribution in [0.5, 0.6) is 0 Å². The van der Waals surface area contributed by atoms with Gasteiger partial charge in [-0.25, -0.2) is 0 Å². The van der Waals surface area contributed by atoms with Crippen molar-refractivity contribution in [3.63, 3.8) is 0 Å². The maximum absolute atomic E-state index is 12.8. The second-order valence-electron chi connectivity index (χ2n) is 7.16. The Kier molecular flexibility index (Phi) is 4.85. The Morgan fingerprint density at radius 3 is 2.07 bits per heavy atom. The summed E-state index contributed by atoms with van der Waals surface area (Å²) in [6.07, 6.45) is 1.70. The van der Waals surface area contributed by atoms with Gasteiger partial charge in [0.25, 0.3) is 5.91 Å². The van der Waals surface area contributed by atoms with Gasteiger partial charge in [0.15, 0.2) is 0 Å². The lowest BCUT2D eigenvalue weighted by Crippen LogP contribution is -2.13. The zero-order valence-electron chi connectivity index (χ0n) is 16.4. The van der Waals surface area contributed by atoms with Crippen molar-refractivity contribution < 1.29 is 4.79 Å². The van der Waals surface area contributed by atoms with Crippen LogP contribution in [0.1, 0.15) is 16.7 Å². The number of nitrogens with one attached hydrogen (secondary N) is 1. The van der Waals surface area contributed by atoms with E-state index in [2.05, 4.69) is 17.5 Å². The summed E-state index contributed by atoms with van der Waals surface area (Å²) in [6, 6.07) is 26.0. The zero-order chi connectivity index (χ0) is 20.4. The highest BCUT2D eigenvalue weighted by atomic mass is 16.1. The van der Waals surface area contributed by atoms with E-state index in [1.54, 1.807) is 6.08 Å². The van der Waals surface area contributed by atoms with E-state index in [4.69, 9.17) is 0 Å². The Hall–Kier alpha value is -3.90. The smallest absolute Gasteiger partial charge is 0.266 e. The Labute approximate surface area is 169 Å². The van der Waals surface area contributed by atoms with Crippen LogP contribution in [-0.2, 0) is 4.79 Å². The predicted molar refractivity (Wildman–Crippen MR) is 120 cm³/mol. The molecular weight excluding hydrogens is 356 g/mol. The van der Waals surface area contributed by atoms with Gasteiger partial charge < -0.3 is 5.32 Å². The van der Waals surface area contributed by atoms with Crippen molar-refractivity contribution in [1.82, 2.24) is 0 Å². The van der Waals surface area contributed by atoms with E-state index in [0.29, 0.717) is 5.69 Å². The molecule has 3 nitrogen and oxygen atoms in total. The third kappa shape index (κ3) is 3.61. The molecule has 4 aromatic carbocycles. The monoisotopic (exact) mass is 376 g/mol. The fourth-order valence-corrected chi connectivity index (χ4v) is 3.51. The molecule has 0 aliphatic heterocycles. The number of nitrogens with zero attached hydrogens (tertiary/aromatic N) is 1. The maximum atomic E-state index is 12.8. The van der Waals surface area contributed by atoms with Gasteiger partial charge in [0.05, 0.1) is 0 Å². The first kappa shape index (κ1) is 18.5. The summed E-state index contributed by atoms with van der Waals surface area (Å²) in [5, 5.41) is 16.7. The number of fused-ring (bicyclic) bond motifs is 2. The molecule has 0 saturated carbocycles. The first-order chi connectivity index (χ1) is 14.1. The largest absolute Gasteiger partial charge is 0.321 e. The third-order valence-electron chi connectivity index (χ3n) is 5.23. The van der Waals surface area contributed by atoms with E-state index in [1.165, 1.54) is 0 Å². The Bertz CT molecular complexity index is 1270. The van der Waals surface area contributed by atoms with Crippen molar-refractivity contribution in [2.75, 3.05) is 5.32 Å². The summed E-state index contributed by atoms with van der Waals surface area (Å²) in [4.78, 5) is 12.8. The van der Waals surface area contributed by atoms with Crippen LogP contribution < -0.4 is 5.32 Å². The van der Waals surface area contributed by atoms with Gasteiger partial charge in [-0.15, -0.1) is 0 Å². The molecule has 3 heteroatoms.